The van der Waals surface area contributed by atoms with Gasteiger partial charge in [0.05, 0.1) is 18.5 Å². The predicted octanol–water partition coefficient (Wildman–Crippen LogP) is 5.40. The number of hydrogen-bond acceptors (Lipinski definition) is 4. The molecule has 0 radical (unpaired) electrons. The Labute approximate surface area is 172 Å². The fourth-order valence-electron chi connectivity index (χ4n) is 2.95. The molecule has 0 aliphatic heterocycles. The van der Waals surface area contributed by atoms with Crippen molar-refractivity contribution in [1.82, 2.24) is 5.32 Å². The number of rotatable bonds is 5. The van der Waals surface area contributed by atoms with E-state index in [4.69, 9.17) is 20.4 Å². The fourth-order valence-corrected chi connectivity index (χ4v) is 3.13. The zero-order chi connectivity index (χ0) is 20.2. The Morgan fingerprint density at radius 3 is 2.66 bits per heavy atom. The van der Waals surface area contributed by atoms with Crippen molar-refractivity contribution in [2.75, 3.05) is 0 Å². The van der Waals surface area contributed by atoms with E-state index in [9.17, 15) is 4.79 Å². The number of halogens is 1. The summed E-state index contributed by atoms with van der Waals surface area (Å²) in [4.78, 5) is 17.4. The number of carbonyl (C=O) groups excluding carboxylic acids is 1. The molecule has 1 N–H and O–H groups in total. The van der Waals surface area contributed by atoms with Crippen LogP contribution >= 0.6 is 11.6 Å². The number of carbonyl (C=O) groups is 1. The van der Waals surface area contributed by atoms with Crippen LogP contribution in [-0.4, -0.2) is 5.91 Å². The Kier molecular flexibility index (Phi) is 5.49. The predicted molar refractivity (Wildman–Crippen MR) is 112 cm³/mol. The summed E-state index contributed by atoms with van der Waals surface area (Å²) in [7, 11) is 0. The van der Waals surface area contributed by atoms with Crippen LogP contribution in [-0.2, 0) is 13.0 Å². The molecule has 0 aliphatic carbocycles. The Balaban J connectivity index is 1.77. The third kappa shape index (κ3) is 4.41. The van der Waals surface area contributed by atoms with Crippen molar-refractivity contribution in [3.8, 4) is 0 Å². The zero-order valence-electron chi connectivity index (χ0n) is 15.8. The summed E-state index contributed by atoms with van der Waals surface area (Å²) in [6.07, 6.45) is 2.51. The summed E-state index contributed by atoms with van der Waals surface area (Å²) in [5.41, 5.74) is 3.08. The number of nitrogens with zero attached hydrogens (tertiary/aromatic N) is 1. The Hall–Kier alpha value is -3.31. The molecule has 2 aromatic heterocycles. The van der Waals surface area contributed by atoms with Gasteiger partial charge in [-0.15, -0.1) is 0 Å². The van der Waals surface area contributed by atoms with Crippen molar-refractivity contribution >= 4 is 34.2 Å². The zero-order valence-corrected chi connectivity index (χ0v) is 16.6. The first-order valence-electron chi connectivity index (χ1n) is 9.30. The Morgan fingerprint density at radius 2 is 1.93 bits per heavy atom. The highest BCUT2D eigenvalue weighted by Crippen LogP contribution is 2.20. The molecule has 6 heteroatoms. The Morgan fingerprint density at radius 1 is 1.10 bits per heavy atom. The lowest BCUT2D eigenvalue weighted by Gasteiger charge is -2.06. The summed E-state index contributed by atoms with van der Waals surface area (Å²) in [6, 6.07) is 18.4. The van der Waals surface area contributed by atoms with E-state index in [-0.39, 0.29) is 18.0 Å². The lowest BCUT2D eigenvalue weighted by Crippen LogP contribution is -2.28. The number of aryl methyl sites for hydroxylation is 1. The van der Waals surface area contributed by atoms with E-state index >= 15 is 0 Å². The first kappa shape index (κ1) is 19.0. The summed E-state index contributed by atoms with van der Waals surface area (Å²) in [5, 5.41) is 4.13. The smallest absolute Gasteiger partial charge is 0.257 e. The standard InChI is InChI=1S/C23H19ClN2O3/c1-2-15-5-8-18(9-6-15)26-23-20(22(27)25-14-19-4-3-11-28-19)13-16-12-17(24)7-10-21(16)29-23/h3-13H,2,14H2,1H3,(H,25,27). The molecule has 146 valence electrons. The van der Waals surface area contributed by atoms with Crippen LogP contribution in [0.25, 0.3) is 11.0 Å². The van der Waals surface area contributed by atoms with Gasteiger partial charge in [0.2, 0.25) is 5.55 Å². The fraction of sp³-hybridized carbons (Fsp3) is 0.130. The van der Waals surface area contributed by atoms with E-state index in [0.29, 0.717) is 27.6 Å². The van der Waals surface area contributed by atoms with Crippen molar-refractivity contribution in [2.45, 2.75) is 19.9 Å². The van der Waals surface area contributed by atoms with E-state index in [1.54, 1.807) is 42.7 Å². The maximum absolute atomic E-state index is 12.9. The van der Waals surface area contributed by atoms with Gasteiger partial charge in [-0.1, -0.05) is 30.7 Å². The second-order valence-corrected chi connectivity index (χ2v) is 6.98. The van der Waals surface area contributed by atoms with Gasteiger partial charge in [0.1, 0.15) is 16.9 Å². The van der Waals surface area contributed by atoms with Gasteiger partial charge in [0.15, 0.2) is 0 Å². The van der Waals surface area contributed by atoms with E-state index in [1.807, 2.05) is 24.3 Å². The molecule has 0 fully saturated rings. The van der Waals surface area contributed by atoms with Gasteiger partial charge < -0.3 is 14.2 Å². The number of benzene rings is 2. The molecular weight excluding hydrogens is 388 g/mol. The van der Waals surface area contributed by atoms with E-state index < -0.39 is 0 Å². The van der Waals surface area contributed by atoms with Crippen molar-refractivity contribution in [3.05, 3.63) is 94.4 Å². The molecule has 0 unspecified atom stereocenters. The molecule has 0 saturated carbocycles. The van der Waals surface area contributed by atoms with Gasteiger partial charge in [-0.3, -0.25) is 4.79 Å². The molecular formula is C23H19ClN2O3. The van der Waals surface area contributed by atoms with Gasteiger partial charge >= 0.3 is 0 Å². The minimum Gasteiger partial charge on any atom is -0.467 e. The molecule has 0 saturated heterocycles. The summed E-state index contributed by atoms with van der Waals surface area (Å²) >= 11 is 6.10. The van der Waals surface area contributed by atoms with Crippen LogP contribution in [0.4, 0.5) is 5.69 Å². The molecule has 29 heavy (non-hydrogen) atoms. The second-order valence-electron chi connectivity index (χ2n) is 6.54. The summed E-state index contributed by atoms with van der Waals surface area (Å²) in [6.45, 7) is 2.36. The van der Waals surface area contributed by atoms with Gasteiger partial charge in [-0.25, -0.2) is 4.99 Å². The summed E-state index contributed by atoms with van der Waals surface area (Å²) in [5.74, 6) is 0.351. The van der Waals surface area contributed by atoms with Gasteiger partial charge in [0.25, 0.3) is 5.91 Å². The molecule has 4 aromatic rings. The molecule has 0 bridgehead atoms. The van der Waals surface area contributed by atoms with E-state index in [2.05, 4.69) is 17.2 Å². The average Bonchev–Trinajstić information content (AvgIpc) is 3.26. The van der Waals surface area contributed by atoms with E-state index in [1.165, 1.54) is 5.56 Å². The lowest BCUT2D eigenvalue weighted by molar-refractivity contribution is 0.0944. The molecule has 5 nitrogen and oxygen atoms in total. The number of fused-ring (bicyclic) bond motifs is 1. The number of hydrogen-bond donors (Lipinski definition) is 1. The first-order valence-corrected chi connectivity index (χ1v) is 9.68. The highest BCUT2D eigenvalue weighted by atomic mass is 35.5. The van der Waals surface area contributed by atoms with Gasteiger partial charge in [-0.05, 0) is 60.5 Å². The SMILES string of the molecule is CCc1ccc(N=c2oc3ccc(Cl)cc3cc2C(=O)NCc2ccco2)cc1. The van der Waals surface area contributed by atoms with Crippen LogP contribution in [0.15, 0.2) is 80.8 Å². The molecule has 0 atom stereocenters. The monoisotopic (exact) mass is 406 g/mol. The van der Waals surface area contributed by atoms with Crippen molar-refractivity contribution in [3.63, 3.8) is 0 Å². The first-order chi connectivity index (χ1) is 14.1. The maximum atomic E-state index is 12.9. The molecule has 2 aromatic carbocycles. The normalized spacial score (nSPS) is 11.7. The average molecular weight is 407 g/mol. The van der Waals surface area contributed by atoms with Crippen LogP contribution in [0, 0.1) is 0 Å². The van der Waals surface area contributed by atoms with Crippen LogP contribution in [0.2, 0.25) is 5.02 Å². The quantitative estimate of drug-likeness (QED) is 0.482. The largest absolute Gasteiger partial charge is 0.467 e. The van der Waals surface area contributed by atoms with Crippen molar-refractivity contribution < 1.29 is 13.6 Å². The highest BCUT2D eigenvalue weighted by Gasteiger charge is 2.13. The minimum absolute atomic E-state index is 0.237. The number of amides is 1. The maximum Gasteiger partial charge on any atom is 0.257 e. The molecule has 2 heterocycles. The summed E-state index contributed by atoms with van der Waals surface area (Å²) < 4.78 is 11.2. The number of furan rings is 1. The molecule has 0 aliphatic rings. The van der Waals surface area contributed by atoms with Crippen LogP contribution in [0.5, 0.6) is 0 Å². The van der Waals surface area contributed by atoms with E-state index in [0.717, 1.165) is 11.8 Å². The topological polar surface area (TPSA) is 67.7 Å². The third-order valence-corrected chi connectivity index (χ3v) is 4.77. The molecule has 0 spiro atoms. The second kappa shape index (κ2) is 8.37. The number of nitrogens with one attached hydrogen (secondary N) is 1. The van der Waals surface area contributed by atoms with Gasteiger partial charge in [-0.2, -0.15) is 0 Å². The van der Waals surface area contributed by atoms with Crippen molar-refractivity contribution in [1.29, 1.82) is 0 Å². The third-order valence-electron chi connectivity index (χ3n) is 4.53. The highest BCUT2D eigenvalue weighted by molar-refractivity contribution is 6.31. The molecule has 1 amide bonds. The van der Waals surface area contributed by atoms with Gasteiger partial charge in [0, 0.05) is 10.4 Å². The van der Waals surface area contributed by atoms with Crippen LogP contribution < -0.4 is 10.9 Å². The van der Waals surface area contributed by atoms with Crippen molar-refractivity contribution in [2.24, 2.45) is 4.99 Å². The minimum atomic E-state index is -0.309. The van der Waals surface area contributed by atoms with Crippen LogP contribution in [0.1, 0.15) is 28.6 Å². The molecule has 4 rings (SSSR count). The van der Waals surface area contributed by atoms with Crippen LogP contribution in [0.3, 0.4) is 0 Å². The Bertz CT molecular complexity index is 1210. The lowest BCUT2D eigenvalue weighted by atomic mass is 10.1.